The van der Waals surface area contributed by atoms with Crippen LogP contribution in [0.15, 0.2) is 21.7 Å². The van der Waals surface area contributed by atoms with Crippen LogP contribution in [0.25, 0.3) is 0 Å². The molecule has 9 heteroatoms. The molecule has 0 aliphatic carbocycles. The molecule has 1 aromatic rings. The first-order valence-electron chi connectivity index (χ1n) is 8.04. The average molecular weight is 402 g/mol. The van der Waals surface area contributed by atoms with Gasteiger partial charge >= 0.3 is 0 Å². The molecule has 0 spiro atoms. The lowest BCUT2D eigenvalue weighted by atomic mass is 10.3. The molecule has 0 N–H and O–H groups in total. The van der Waals surface area contributed by atoms with E-state index >= 15 is 0 Å². The summed E-state index contributed by atoms with van der Waals surface area (Å²) in [5, 5.41) is 0. The predicted octanol–water partition coefficient (Wildman–Crippen LogP) is 4.07. The summed E-state index contributed by atoms with van der Waals surface area (Å²) in [6.45, 7) is 4.19. The molecule has 0 radical (unpaired) electrons. The third-order valence-electron chi connectivity index (χ3n) is 3.23. The summed E-state index contributed by atoms with van der Waals surface area (Å²) in [4.78, 5) is 2.42. The molecule has 0 atom stereocenters. The van der Waals surface area contributed by atoms with E-state index in [0.29, 0.717) is 0 Å². The van der Waals surface area contributed by atoms with E-state index in [4.69, 9.17) is 9.53 Å². The van der Waals surface area contributed by atoms with E-state index in [1.165, 1.54) is 9.75 Å². The van der Waals surface area contributed by atoms with Crippen LogP contribution in [0.2, 0.25) is 0 Å². The van der Waals surface area contributed by atoms with Crippen molar-refractivity contribution in [2.24, 2.45) is 9.53 Å². The third kappa shape index (κ3) is 6.76. The highest BCUT2D eigenvalue weighted by Gasteiger charge is 2.16. The van der Waals surface area contributed by atoms with E-state index in [1.54, 1.807) is 11.3 Å². The van der Waals surface area contributed by atoms with Gasteiger partial charge in [-0.2, -0.15) is 0 Å². The van der Waals surface area contributed by atoms with Crippen LogP contribution in [0, 0.1) is 0 Å². The molecule has 1 rings (SSSR count). The summed E-state index contributed by atoms with van der Waals surface area (Å²) >= 11 is 1.77. The molecule has 0 saturated carbocycles. The molecule has 0 amide bonds. The van der Waals surface area contributed by atoms with E-state index < -0.39 is 16.7 Å². The smallest absolute Gasteiger partial charge is 0.168 e. The number of hydrogen-bond acceptors (Lipinski definition) is 7. The van der Waals surface area contributed by atoms with Crippen LogP contribution in [-0.4, -0.2) is 86.5 Å². The summed E-state index contributed by atoms with van der Waals surface area (Å²) in [5.41, 5.74) is 2.17. The number of nitrogens with zero attached hydrogens (tertiary/aromatic N) is 6. The quantitative estimate of drug-likeness (QED) is 0.485. The molecule has 0 aromatic carbocycles. The highest BCUT2D eigenvalue weighted by atomic mass is 32.1. The van der Waals surface area contributed by atoms with Crippen molar-refractivity contribution in [2.75, 3.05) is 56.4 Å². The summed E-state index contributed by atoms with van der Waals surface area (Å²) < 4.78 is 18.5. The monoisotopic (exact) mass is 402 g/mol. The van der Waals surface area contributed by atoms with Crippen LogP contribution in [0.5, 0.6) is 0 Å². The van der Waals surface area contributed by atoms with Crippen LogP contribution in [0.4, 0.5) is 0 Å². The molecule has 142 valence electrons. The fourth-order valence-corrected chi connectivity index (χ4v) is 6.10. The first-order valence-corrected chi connectivity index (χ1v) is 11.3. The Morgan fingerprint density at radius 2 is 0.960 bits per heavy atom. The molecular weight excluding hydrogens is 370 g/mol. The van der Waals surface area contributed by atoms with Crippen LogP contribution < -0.4 is 0 Å². The van der Waals surface area contributed by atoms with Gasteiger partial charge in [0.05, 0.1) is 11.4 Å². The second-order valence-corrected chi connectivity index (χ2v) is 12.2. The summed E-state index contributed by atoms with van der Waals surface area (Å²) in [6.07, 6.45) is 0. The lowest BCUT2D eigenvalue weighted by molar-refractivity contribution is 0.575. The zero-order valence-corrected chi connectivity index (χ0v) is 19.7. The van der Waals surface area contributed by atoms with Crippen molar-refractivity contribution in [3.8, 4) is 0 Å². The molecule has 0 aliphatic heterocycles. The van der Waals surface area contributed by atoms with Gasteiger partial charge in [0.2, 0.25) is 0 Å². The van der Waals surface area contributed by atoms with Crippen LogP contribution in [-0.2, 0) is 0 Å². The van der Waals surface area contributed by atoms with E-state index in [9.17, 15) is 0 Å². The van der Waals surface area contributed by atoms with Gasteiger partial charge in [0.15, 0.2) is 16.7 Å². The van der Waals surface area contributed by atoms with Crippen molar-refractivity contribution in [3.05, 3.63) is 21.9 Å². The molecular formula is C16H32N6P2S. The maximum Gasteiger partial charge on any atom is 0.168 e. The topological polar surface area (TPSA) is 37.7 Å². The van der Waals surface area contributed by atoms with Crippen molar-refractivity contribution < 1.29 is 0 Å². The number of rotatable bonds is 8. The Kier molecular flexibility index (Phi) is 9.27. The standard InChI is InChI=1S/C16H32N6P2S/c1-13(17-23(19(3)4)20(5)6)15-11-12-16(25-15)14(2)18-24(21(7)8)22(9)10/h11-12H,1-10H3/b17-13-,18-14+. The minimum absolute atomic E-state index is 0.658. The number of hydrogen-bond donors (Lipinski definition) is 0. The maximum absolute atomic E-state index is 4.93. The zero-order valence-electron chi connectivity index (χ0n) is 17.1. The van der Waals surface area contributed by atoms with Gasteiger partial charge in [-0.1, -0.05) is 0 Å². The molecule has 0 fully saturated rings. The fraction of sp³-hybridized carbons (Fsp3) is 0.625. The van der Waals surface area contributed by atoms with E-state index in [1.807, 2.05) is 0 Å². The SMILES string of the molecule is C/C(=N/P(N(C)C)N(C)C)c1ccc(/C(C)=N/P(N(C)C)N(C)C)s1. The highest BCUT2D eigenvalue weighted by molar-refractivity contribution is 7.51. The molecule has 0 saturated heterocycles. The second-order valence-electron chi connectivity index (χ2n) is 6.46. The van der Waals surface area contributed by atoms with Gasteiger partial charge in [0.1, 0.15) is 0 Å². The summed E-state index contributed by atoms with van der Waals surface area (Å²) in [7, 11) is 15.3. The average Bonchev–Trinajstić information content (AvgIpc) is 2.98. The first kappa shape index (κ1) is 22.8. The van der Waals surface area contributed by atoms with Crippen LogP contribution in [0.3, 0.4) is 0 Å². The largest absolute Gasteiger partial charge is 0.258 e. The van der Waals surface area contributed by atoms with Gasteiger partial charge in [0, 0.05) is 9.75 Å². The van der Waals surface area contributed by atoms with Gasteiger partial charge < -0.3 is 0 Å². The lowest BCUT2D eigenvalue weighted by Gasteiger charge is -2.26. The van der Waals surface area contributed by atoms with Crippen LogP contribution >= 0.6 is 28.1 Å². The van der Waals surface area contributed by atoms with Gasteiger partial charge in [0.25, 0.3) is 0 Å². The summed E-state index contributed by atoms with van der Waals surface area (Å²) in [6, 6.07) is 4.31. The van der Waals surface area contributed by atoms with Crippen molar-refractivity contribution >= 4 is 39.5 Å². The van der Waals surface area contributed by atoms with Crippen LogP contribution in [0.1, 0.15) is 23.6 Å². The minimum Gasteiger partial charge on any atom is -0.258 e. The molecule has 6 nitrogen and oxygen atoms in total. The fourth-order valence-electron chi connectivity index (χ4n) is 2.17. The second kappa shape index (κ2) is 10.2. The van der Waals surface area contributed by atoms with E-state index in [-0.39, 0.29) is 0 Å². The van der Waals surface area contributed by atoms with Gasteiger partial charge in [-0.25, -0.2) is 9.53 Å². The van der Waals surface area contributed by atoms with Gasteiger partial charge in [-0.15, -0.1) is 11.3 Å². The Hall–Kier alpha value is -0.260. The molecule has 0 bridgehead atoms. The third-order valence-corrected chi connectivity index (χ3v) is 8.35. The van der Waals surface area contributed by atoms with Gasteiger partial charge in [-0.05, 0) is 82.4 Å². The van der Waals surface area contributed by atoms with Crippen molar-refractivity contribution in [1.29, 1.82) is 0 Å². The van der Waals surface area contributed by atoms with Crippen molar-refractivity contribution in [3.63, 3.8) is 0 Å². The number of thiophene rings is 1. The molecule has 1 aromatic heterocycles. The highest BCUT2D eigenvalue weighted by Crippen LogP contribution is 2.43. The van der Waals surface area contributed by atoms with Crippen molar-refractivity contribution in [2.45, 2.75) is 13.8 Å². The molecule has 1 heterocycles. The maximum atomic E-state index is 4.93. The van der Waals surface area contributed by atoms with Gasteiger partial charge in [-0.3, -0.25) is 18.7 Å². The minimum atomic E-state index is -0.658. The Labute approximate surface area is 160 Å². The lowest BCUT2D eigenvalue weighted by Crippen LogP contribution is -2.16. The molecule has 0 aliphatic rings. The summed E-state index contributed by atoms with van der Waals surface area (Å²) in [5.74, 6) is 0. The van der Waals surface area contributed by atoms with Crippen molar-refractivity contribution in [1.82, 2.24) is 18.7 Å². The Morgan fingerprint density at radius 3 is 1.20 bits per heavy atom. The Balaban J connectivity index is 3.05. The Morgan fingerprint density at radius 1 is 0.680 bits per heavy atom. The molecule has 0 unspecified atom stereocenters. The van der Waals surface area contributed by atoms with E-state index in [2.05, 4.69) is 101 Å². The first-order chi connectivity index (χ1) is 11.5. The normalized spacial score (nSPS) is 14.2. The predicted molar refractivity (Wildman–Crippen MR) is 117 cm³/mol. The zero-order chi connectivity index (χ0) is 19.3. The Bertz CT molecular complexity index is 543. The molecule has 25 heavy (non-hydrogen) atoms. The van der Waals surface area contributed by atoms with E-state index in [0.717, 1.165) is 11.4 Å².